The van der Waals surface area contributed by atoms with Crippen molar-refractivity contribution in [2.75, 3.05) is 7.11 Å². The number of hydrogen-bond acceptors (Lipinski definition) is 4. The average Bonchev–Trinajstić information content (AvgIpc) is 3.17. The number of methoxy groups -OCH3 is 1. The Kier molecular flexibility index (Phi) is 5.94. The molecule has 3 aromatic rings. The summed E-state index contributed by atoms with van der Waals surface area (Å²) in [5.41, 5.74) is 4.59. The monoisotopic (exact) mass is 452 g/mol. The molecule has 1 fully saturated rings. The van der Waals surface area contributed by atoms with Gasteiger partial charge in [0.25, 0.3) is 11.1 Å². The normalized spacial score (nSPS) is 15.2. The summed E-state index contributed by atoms with van der Waals surface area (Å²) in [6.07, 6.45) is 1.79. The van der Waals surface area contributed by atoms with E-state index in [1.165, 1.54) is 4.90 Å². The summed E-state index contributed by atoms with van der Waals surface area (Å²) in [4.78, 5) is 27.1. The Labute approximate surface area is 190 Å². The zero-order chi connectivity index (χ0) is 22.1. The minimum Gasteiger partial charge on any atom is -0.495 e. The molecular formula is C24H21ClN2O3S. The highest BCUT2D eigenvalue weighted by atomic mass is 35.5. The number of amides is 2. The number of imide groups is 1. The van der Waals surface area contributed by atoms with Crippen LogP contribution < -0.4 is 4.74 Å². The number of aromatic nitrogens is 1. The molecule has 2 amide bonds. The van der Waals surface area contributed by atoms with Crippen LogP contribution in [0.4, 0.5) is 4.79 Å². The molecule has 0 unspecified atom stereocenters. The van der Waals surface area contributed by atoms with Gasteiger partial charge in [-0.15, -0.1) is 0 Å². The summed E-state index contributed by atoms with van der Waals surface area (Å²) in [6.45, 7) is 4.19. The quantitative estimate of drug-likeness (QED) is 0.446. The maximum absolute atomic E-state index is 12.9. The molecule has 2 aromatic carbocycles. The van der Waals surface area contributed by atoms with Crippen molar-refractivity contribution < 1.29 is 14.3 Å². The molecule has 1 aromatic heterocycles. The van der Waals surface area contributed by atoms with Crippen LogP contribution in [0.2, 0.25) is 5.02 Å². The van der Waals surface area contributed by atoms with Crippen LogP contribution >= 0.6 is 23.4 Å². The second-order valence-electron chi connectivity index (χ2n) is 7.23. The van der Waals surface area contributed by atoms with Crippen molar-refractivity contribution >= 4 is 40.6 Å². The van der Waals surface area contributed by atoms with Crippen LogP contribution in [0.25, 0.3) is 11.8 Å². The Hall–Kier alpha value is -2.96. The molecule has 1 aliphatic heterocycles. The van der Waals surface area contributed by atoms with Gasteiger partial charge in [0.05, 0.1) is 24.2 Å². The van der Waals surface area contributed by atoms with E-state index < -0.39 is 0 Å². The molecule has 158 valence electrons. The van der Waals surface area contributed by atoms with E-state index in [4.69, 9.17) is 16.3 Å². The summed E-state index contributed by atoms with van der Waals surface area (Å²) >= 11 is 6.99. The van der Waals surface area contributed by atoms with Crippen LogP contribution in [0.3, 0.4) is 0 Å². The first kappa shape index (κ1) is 21.3. The molecule has 0 radical (unpaired) electrons. The van der Waals surface area contributed by atoms with Crippen LogP contribution in [-0.2, 0) is 11.3 Å². The third-order valence-corrected chi connectivity index (χ3v) is 6.33. The van der Waals surface area contributed by atoms with Gasteiger partial charge in [-0.1, -0.05) is 35.9 Å². The lowest BCUT2D eigenvalue weighted by Gasteiger charge is -2.13. The summed E-state index contributed by atoms with van der Waals surface area (Å²) in [5.74, 6) is 0.467. The fraction of sp³-hybridized carbons (Fsp3) is 0.167. The Morgan fingerprint density at radius 1 is 1.06 bits per heavy atom. The van der Waals surface area contributed by atoms with E-state index in [0.29, 0.717) is 9.93 Å². The first-order valence-electron chi connectivity index (χ1n) is 9.71. The smallest absolute Gasteiger partial charge is 0.293 e. The molecular weight excluding hydrogens is 432 g/mol. The fourth-order valence-electron chi connectivity index (χ4n) is 3.71. The molecule has 7 heteroatoms. The minimum atomic E-state index is -0.294. The van der Waals surface area contributed by atoms with E-state index in [2.05, 4.69) is 4.57 Å². The van der Waals surface area contributed by atoms with Gasteiger partial charge in [-0.2, -0.15) is 0 Å². The SMILES string of the molecule is COc1ccccc1-n1c(C)cc(/C=C2\SC(=O)N(Cc3cccc(Cl)c3)C2=O)c1C. The topological polar surface area (TPSA) is 51.5 Å². The number of thioether (sulfide) groups is 1. The van der Waals surface area contributed by atoms with E-state index in [1.54, 1.807) is 31.4 Å². The van der Waals surface area contributed by atoms with Crippen LogP contribution in [0.15, 0.2) is 59.5 Å². The molecule has 2 heterocycles. The van der Waals surface area contributed by atoms with Crippen molar-refractivity contribution in [3.63, 3.8) is 0 Å². The highest BCUT2D eigenvalue weighted by molar-refractivity contribution is 8.18. The van der Waals surface area contributed by atoms with E-state index in [-0.39, 0.29) is 17.7 Å². The molecule has 31 heavy (non-hydrogen) atoms. The van der Waals surface area contributed by atoms with Gasteiger partial charge in [0, 0.05) is 16.4 Å². The Morgan fingerprint density at radius 2 is 1.84 bits per heavy atom. The number of aryl methyl sites for hydroxylation is 1. The number of para-hydroxylation sites is 2. The molecule has 0 spiro atoms. The average molecular weight is 453 g/mol. The molecule has 0 bridgehead atoms. The van der Waals surface area contributed by atoms with Crippen molar-refractivity contribution in [2.45, 2.75) is 20.4 Å². The third-order valence-electron chi connectivity index (χ3n) is 5.19. The number of rotatable bonds is 5. The van der Waals surface area contributed by atoms with Crippen molar-refractivity contribution in [1.82, 2.24) is 9.47 Å². The molecule has 0 aliphatic carbocycles. The number of carbonyl (C=O) groups is 2. The summed E-state index contributed by atoms with van der Waals surface area (Å²) in [6, 6.07) is 17.0. The van der Waals surface area contributed by atoms with Gasteiger partial charge in [-0.3, -0.25) is 14.5 Å². The second-order valence-corrected chi connectivity index (χ2v) is 8.66. The summed E-state index contributed by atoms with van der Waals surface area (Å²) in [5, 5.41) is 0.290. The molecule has 1 saturated heterocycles. The first-order chi connectivity index (χ1) is 14.9. The van der Waals surface area contributed by atoms with Crippen molar-refractivity contribution in [2.24, 2.45) is 0 Å². The Balaban J connectivity index is 1.65. The lowest BCUT2D eigenvalue weighted by molar-refractivity contribution is -0.123. The second kappa shape index (κ2) is 8.65. The lowest BCUT2D eigenvalue weighted by Crippen LogP contribution is -2.27. The zero-order valence-electron chi connectivity index (χ0n) is 17.4. The predicted octanol–water partition coefficient (Wildman–Crippen LogP) is 5.99. The number of ether oxygens (including phenoxy) is 1. The van der Waals surface area contributed by atoms with E-state index in [0.717, 1.165) is 45.7 Å². The van der Waals surface area contributed by atoms with Gasteiger partial charge in [-0.25, -0.2) is 0 Å². The largest absolute Gasteiger partial charge is 0.495 e. The molecule has 4 rings (SSSR count). The molecule has 5 nitrogen and oxygen atoms in total. The van der Waals surface area contributed by atoms with Gasteiger partial charge < -0.3 is 9.30 Å². The number of nitrogens with zero attached hydrogens (tertiary/aromatic N) is 2. The third kappa shape index (κ3) is 4.13. The first-order valence-corrected chi connectivity index (χ1v) is 10.9. The zero-order valence-corrected chi connectivity index (χ0v) is 19.0. The molecule has 0 N–H and O–H groups in total. The fourth-order valence-corrected chi connectivity index (χ4v) is 4.76. The number of benzene rings is 2. The molecule has 0 atom stereocenters. The van der Waals surface area contributed by atoms with Crippen LogP contribution in [-0.4, -0.2) is 27.7 Å². The number of hydrogen-bond donors (Lipinski definition) is 0. The minimum absolute atomic E-state index is 0.197. The van der Waals surface area contributed by atoms with Crippen LogP contribution in [0.5, 0.6) is 5.75 Å². The maximum Gasteiger partial charge on any atom is 0.293 e. The molecule has 0 saturated carbocycles. The van der Waals surface area contributed by atoms with Crippen molar-refractivity contribution in [3.05, 3.63) is 87.0 Å². The number of halogens is 1. The standard InChI is InChI=1S/C24H21ClN2O3S/c1-15-11-18(16(2)27(15)20-9-4-5-10-21(20)30-3)13-22-23(28)26(24(29)31-22)14-17-7-6-8-19(25)12-17/h4-13H,14H2,1-3H3/b22-13-. The predicted molar refractivity (Wildman–Crippen MR) is 125 cm³/mol. The highest BCUT2D eigenvalue weighted by Gasteiger charge is 2.35. The van der Waals surface area contributed by atoms with Crippen molar-refractivity contribution in [1.29, 1.82) is 0 Å². The van der Waals surface area contributed by atoms with Gasteiger partial charge in [0.2, 0.25) is 0 Å². The Bertz CT molecular complexity index is 1220. The number of carbonyl (C=O) groups excluding carboxylic acids is 2. The summed E-state index contributed by atoms with van der Waals surface area (Å²) < 4.78 is 7.59. The van der Waals surface area contributed by atoms with Crippen LogP contribution in [0, 0.1) is 13.8 Å². The van der Waals surface area contributed by atoms with E-state index in [1.807, 2.05) is 50.2 Å². The van der Waals surface area contributed by atoms with Gasteiger partial charge in [-0.05, 0) is 73.1 Å². The van der Waals surface area contributed by atoms with Gasteiger partial charge in [0.1, 0.15) is 5.75 Å². The van der Waals surface area contributed by atoms with E-state index in [9.17, 15) is 9.59 Å². The lowest BCUT2D eigenvalue weighted by atomic mass is 10.2. The molecule has 1 aliphatic rings. The highest BCUT2D eigenvalue weighted by Crippen LogP contribution is 2.35. The maximum atomic E-state index is 12.9. The van der Waals surface area contributed by atoms with Gasteiger partial charge in [0.15, 0.2) is 0 Å². The summed E-state index contributed by atoms with van der Waals surface area (Å²) in [7, 11) is 1.64. The van der Waals surface area contributed by atoms with Crippen molar-refractivity contribution in [3.8, 4) is 11.4 Å². The van der Waals surface area contributed by atoms with Crippen LogP contribution in [0.1, 0.15) is 22.5 Å². The van der Waals surface area contributed by atoms with Gasteiger partial charge >= 0.3 is 0 Å². The Morgan fingerprint density at radius 3 is 2.58 bits per heavy atom. The van der Waals surface area contributed by atoms with E-state index >= 15 is 0 Å².